The van der Waals surface area contributed by atoms with E-state index in [0.29, 0.717) is 43.1 Å². The monoisotopic (exact) mass is 628 g/mol. The van der Waals surface area contributed by atoms with Crippen LogP contribution in [0.5, 0.6) is 11.5 Å². The lowest BCUT2D eigenvalue weighted by atomic mass is 9.95. The number of ether oxygens (including phenoxy) is 4. The summed E-state index contributed by atoms with van der Waals surface area (Å²) in [5.74, 6) is 1.61. The predicted octanol–water partition coefficient (Wildman–Crippen LogP) is 5.51. The molecule has 1 saturated heterocycles. The van der Waals surface area contributed by atoms with Crippen molar-refractivity contribution in [3.05, 3.63) is 47.2 Å². The Labute approximate surface area is 248 Å². The van der Waals surface area contributed by atoms with Crippen molar-refractivity contribution in [2.45, 2.75) is 45.6 Å². The van der Waals surface area contributed by atoms with Crippen molar-refractivity contribution in [3.8, 4) is 11.5 Å². The molecule has 4 rings (SSSR count). The van der Waals surface area contributed by atoms with Gasteiger partial charge in [-0.3, -0.25) is 14.5 Å². The molecule has 0 unspecified atom stereocenters. The average Bonchev–Trinajstić information content (AvgIpc) is 2.96. The van der Waals surface area contributed by atoms with Crippen molar-refractivity contribution in [2.24, 2.45) is 5.92 Å². The molecule has 1 N–H and O–H groups in total. The highest BCUT2D eigenvalue weighted by molar-refractivity contribution is 9.10. The fraction of sp³-hybridized carbons (Fsp3) is 0.467. The van der Waals surface area contributed by atoms with Crippen LogP contribution in [0.15, 0.2) is 47.2 Å². The van der Waals surface area contributed by atoms with Gasteiger partial charge in [0.15, 0.2) is 11.5 Å². The summed E-state index contributed by atoms with van der Waals surface area (Å²) in [6.07, 6.45) is 3.60. The smallest absolute Gasteiger partial charge is 0.307 e. The van der Waals surface area contributed by atoms with Gasteiger partial charge in [-0.1, -0.05) is 22.0 Å². The predicted molar refractivity (Wildman–Crippen MR) is 160 cm³/mol. The van der Waals surface area contributed by atoms with E-state index in [1.807, 2.05) is 36.4 Å². The molecule has 1 aliphatic heterocycles. The van der Waals surface area contributed by atoms with E-state index in [1.54, 1.807) is 21.0 Å². The summed E-state index contributed by atoms with van der Waals surface area (Å²) in [6, 6.07) is 11.4. The number of methoxy groups -OCH3 is 1. The first kappa shape index (κ1) is 30.5. The zero-order chi connectivity index (χ0) is 29.2. The zero-order valence-electron chi connectivity index (χ0n) is 23.7. The number of likely N-dealkylation sites (tertiary alicyclic amines) is 1. The van der Waals surface area contributed by atoms with Crippen LogP contribution in [0.4, 0.5) is 11.5 Å². The number of nitrogens with zero attached hydrogens (tertiary/aromatic N) is 3. The number of carbonyl (C=O) groups is 2. The number of aromatic nitrogens is 2. The molecule has 0 bridgehead atoms. The Morgan fingerprint density at radius 2 is 1.73 bits per heavy atom. The molecule has 2 aromatic carbocycles. The minimum Gasteiger partial charge on any atom is -0.493 e. The van der Waals surface area contributed by atoms with E-state index in [2.05, 4.69) is 36.1 Å². The number of rotatable bonds is 13. The number of piperidine rings is 1. The molecule has 2 heterocycles. The Balaban J connectivity index is 1.41. The summed E-state index contributed by atoms with van der Waals surface area (Å²) in [5, 5.41) is 4.19. The summed E-state index contributed by atoms with van der Waals surface area (Å²) in [7, 11) is 1.61. The number of carbonyl (C=O) groups excluding carboxylic acids is 2. The van der Waals surface area contributed by atoms with Gasteiger partial charge in [-0.25, -0.2) is 9.97 Å². The number of benzene rings is 2. The Kier molecular flexibility index (Phi) is 11.1. The normalized spacial score (nSPS) is 14.2. The minimum absolute atomic E-state index is 0.167. The SMILES string of the molecule is CCOC(=O)CC(CC(=O)OCC)N1CCC(COc2cc3c(Nc4cccc(Br)c4)ncnc3cc2OC)CC1. The molecule has 41 heavy (non-hydrogen) atoms. The quantitative estimate of drug-likeness (QED) is 0.243. The van der Waals surface area contributed by atoms with Gasteiger partial charge in [0.25, 0.3) is 0 Å². The van der Waals surface area contributed by atoms with Crippen LogP contribution in [0.1, 0.15) is 39.5 Å². The number of hydrogen-bond donors (Lipinski definition) is 1. The van der Waals surface area contributed by atoms with E-state index in [9.17, 15) is 9.59 Å². The van der Waals surface area contributed by atoms with E-state index in [-0.39, 0.29) is 30.8 Å². The van der Waals surface area contributed by atoms with Crippen LogP contribution in [0.25, 0.3) is 10.9 Å². The van der Waals surface area contributed by atoms with Crippen molar-refractivity contribution in [1.29, 1.82) is 0 Å². The Hall–Kier alpha value is -3.44. The maximum absolute atomic E-state index is 12.2. The zero-order valence-corrected chi connectivity index (χ0v) is 25.3. The molecular weight excluding hydrogens is 592 g/mol. The van der Waals surface area contributed by atoms with Crippen LogP contribution in [-0.2, 0) is 19.1 Å². The first-order chi connectivity index (χ1) is 19.9. The Bertz CT molecular complexity index is 1310. The van der Waals surface area contributed by atoms with E-state index in [1.165, 1.54) is 6.33 Å². The summed E-state index contributed by atoms with van der Waals surface area (Å²) >= 11 is 3.51. The lowest BCUT2D eigenvalue weighted by Crippen LogP contribution is -2.44. The van der Waals surface area contributed by atoms with E-state index < -0.39 is 0 Å². The van der Waals surface area contributed by atoms with Gasteiger partial charge in [0.2, 0.25) is 0 Å². The number of hydrogen-bond acceptors (Lipinski definition) is 10. The first-order valence-corrected chi connectivity index (χ1v) is 14.7. The van der Waals surface area contributed by atoms with Crippen molar-refractivity contribution in [2.75, 3.05) is 45.3 Å². The van der Waals surface area contributed by atoms with Gasteiger partial charge in [0.1, 0.15) is 12.1 Å². The maximum atomic E-state index is 12.2. The molecule has 10 nitrogen and oxygen atoms in total. The number of anilines is 2. The topological polar surface area (TPSA) is 112 Å². The van der Waals surface area contributed by atoms with Crippen LogP contribution >= 0.6 is 15.9 Å². The lowest BCUT2D eigenvalue weighted by Gasteiger charge is -2.36. The number of fused-ring (bicyclic) bond motifs is 1. The van der Waals surface area contributed by atoms with Crippen LogP contribution in [-0.4, -0.2) is 72.9 Å². The van der Waals surface area contributed by atoms with Crippen LogP contribution in [0.2, 0.25) is 0 Å². The number of esters is 2. The van der Waals surface area contributed by atoms with Crippen molar-refractivity contribution >= 4 is 50.3 Å². The third-order valence-electron chi connectivity index (χ3n) is 7.06. The van der Waals surface area contributed by atoms with Crippen molar-refractivity contribution < 1.29 is 28.5 Å². The van der Waals surface area contributed by atoms with E-state index >= 15 is 0 Å². The summed E-state index contributed by atoms with van der Waals surface area (Å²) in [5.41, 5.74) is 1.64. The fourth-order valence-corrected chi connectivity index (χ4v) is 5.39. The highest BCUT2D eigenvalue weighted by Gasteiger charge is 2.29. The second-order valence-corrected chi connectivity index (χ2v) is 10.8. The molecular formula is C30H37BrN4O6. The maximum Gasteiger partial charge on any atom is 0.307 e. The standard InChI is InChI=1S/C30H37BrN4O6/c1-4-39-28(36)14-23(15-29(37)40-5-2)35-11-9-20(10-12-35)18-41-27-16-24-25(17-26(27)38-3)32-19-33-30(24)34-22-8-6-7-21(31)13-22/h6-8,13,16-17,19-20,23H,4-5,9-12,14-15,18H2,1-3H3,(H,32,33,34). The van der Waals surface area contributed by atoms with E-state index in [0.717, 1.165) is 47.0 Å². The molecule has 0 radical (unpaired) electrons. The summed E-state index contributed by atoms with van der Waals surface area (Å²) in [4.78, 5) is 35.5. The molecule has 220 valence electrons. The van der Waals surface area contributed by atoms with Crippen molar-refractivity contribution in [3.63, 3.8) is 0 Å². The summed E-state index contributed by atoms with van der Waals surface area (Å²) in [6.45, 7) is 6.20. The van der Waals surface area contributed by atoms with Crippen molar-refractivity contribution in [1.82, 2.24) is 14.9 Å². The van der Waals surface area contributed by atoms with Gasteiger partial charge in [0.05, 0.1) is 45.3 Å². The second-order valence-electron chi connectivity index (χ2n) is 9.84. The molecule has 11 heteroatoms. The van der Waals surface area contributed by atoms with E-state index in [4.69, 9.17) is 18.9 Å². The Morgan fingerprint density at radius 1 is 1.02 bits per heavy atom. The Morgan fingerprint density at radius 3 is 2.37 bits per heavy atom. The molecule has 0 spiro atoms. The third kappa shape index (κ3) is 8.53. The molecule has 1 aromatic heterocycles. The van der Waals surface area contributed by atoms with Crippen LogP contribution in [0.3, 0.4) is 0 Å². The highest BCUT2D eigenvalue weighted by atomic mass is 79.9. The third-order valence-corrected chi connectivity index (χ3v) is 7.56. The largest absolute Gasteiger partial charge is 0.493 e. The van der Waals surface area contributed by atoms with Gasteiger partial charge in [-0.2, -0.15) is 0 Å². The van der Waals surface area contributed by atoms with Gasteiger partial charge in [-0.15, -0.1) is 0 Å². The minimum atomic E-state index is -0.298. The molecule has 0 amide bonds. The number of halogens is 1. The molecule has 0 atom stereocenters. The second kappa shape index (κ2) is 15.0. The van der Waals surface area contributed by atoms with Crippen LogP contribution in [0, 0.1) is 5.92 Å². The van der Waals surface area contributed by atoms with Gasteiger partial charge >= 0.3 is 11.9 Å². The number of nitrogens with one attached hydrogen (secondary N) is 1. The van der Waals surface area contributed by atoms with Crippen LogP contribution < -0.4 is 14.8 Å². The van der Waals surface area contributed by atoms with Gasteiger partial charge < -0.3 is 24.3 Å². The fourth-order valence-electron chi connectivity index (χ4n) is 4.99. The first-order valence-electron chi connectivity index (χ1n) is 13.9. The molecule has 0 aliphatic carbocycles. The van der Waals surface area contributed by atoms with Gasteiger partial charge in [0, 0.05) is 27.7 Å². The molecule has 3 aromatic rings. The van der Waals surface area contributed by atoms with Gasteiger partial charge in [-0.05, 0) is 70.0 Å². The highest BCUT2D eigenvalue weighted by Crippen LogP contribution is 2.36. The molecule has 1 aliphatic rings. The molecule has 0 saturated carbocycles. The molecule has 1 fully saturated rings. The summed E-state index contributed by atoms with van der Waals surface area (Å²) < 4.78 is 23.2. The lowest BCUT2D eigenvalue weighted by molar-refractivity contribution is -0.147. The average molecular weight is 630 g/mol.